The summed E-state index contributed by atoms with van der Waals surface area (Å²) in [6, 6.07) is 8.33. The van der Waals surface area contributed by atoms with Gasteiger partial charge in [0.1, 0.15) is 0 Å². The van der Waals surface area contributed by atoms with Crippen LogP contribution in [0.25, 0.3) is 0 Å². The van der Waals surface area contributed by atoms with Crippen LogP contribution in [0.1, 0.15) is 30.6 Å². The number of sulfonamides is 1. The van der Waals surface area contributed by atoms with Gasteiger partial charge in [-0.25, -0.2) is 13.1 Å². The molecule has 160 valence electrons. The fraction of sp³-hybridized carbons (Fsp3) is 0.400. The molecule has 0 radical (unpaired) electrons. The van der Waals surface area contributed by atoms with Gasteiger partial charge in [0.2, 0.25) is 21.8 Å². The highest BCUT2D eigenvalue weighted by Gasteiger charge is 2.36. The first-order chi connectivity index (χ1) is 14.4. The third-order valence-corrected chi connectivity index (χ3v) is 8.70. The summed E-state index contributed by atoms with van der Waals surface area (Å²) in [6.07, 6.45) is 4.13. The molecule has 3 heterocycles. The SMILES string of the molecule is O=C1Nc2cc(S(=O)(=O)NCc3cccs3)ccc2S[C@H]1C(=O)N1CCCCCC1. The molecule has 10 heteroatoms. The second kappa shape index (κ2) is 9.09. The first-order valence-corrected chi connectivity index (χ1v) is 13.1. The Morgan fingerprint density at radius 1 is 1.17 bits per heavy atom. The van der Waals surface area contributed by atoms with Crippen LogP contribution in [0.5, 0.6) is 0 Å². The van der Waals surface area contributed by atoms with Crippen LogP contribution < -0.4 is 10.0 Å². The summed E-state index contributed by atoms with van der Waals surface area (Å²) in [5.41, 5.74) is 0.420. The zero-order chi connectivity index (χ0) is 21.1. The predicted octanol–water partition coefficient (Wildman–Crippen LogP) is 3.04. The third-order valence-electron chi connectivity index (χ3n) is 5.16. The van der Waals surface area contributed by atoms with E-state index in [9.17, 15) is 18.0 Å². The predicted molar refractivity (Wildman–Crippen MR) is 118 cm³/mol. The number of carbonyl (C=O) groups excluding carboxylic acids is 2. The molecule has 2 N–H and O–H groups in total. The Balaban J connectivity index is 1.48. The lowest BCUT2D eigenvalue weighted by Gasteiger charge is -2.28. The minimum atomic E-state index is -3.72. The summed E-state index contributed by atoms with van der Waals surface area (Å²) in [7, 11) is -3.72. The maximum absolute atomic E-state index is 12.9. The minimum absolute atomic E-state index is 0.0796. The zero-order valence-corrected chi connectivity index (χ0v) is 18.7. The molecule has 0 unspecified atom stereocenters. The van der Waals surface area contributed by atoms with Gasteiger partial charge in [-0.05, 0) is 42.5 Å². The second-order valence-corrected chi connectivity index (χ2v) is 11.2. The first kappa shape index (κ1) is 21.4. The number of thioether (sulfide) groups is 1. The molecule has 30 heavy (non-hydrogen) atoms. The maximum Gasteiger partial charge on any atom is 0.247 e. The fourth-order valence-electron chi connectivity index (χ4n) is 3.54. The summed E-state index contributed by atoms with van der Waals surface area (Å²) in [5, 5.41) is 3.78. The molecule has 2 amide bonds. The van der Waals surface area contributed by atoms with E-state index in [1.165, 1.54) is 35.2 Å². The minimum Gasteiger partial charge on any atom is -0.341 e. The molecule has 2 aliphatic heterocycles. The molecule has 4 rings (SSSR count). The van der Waals surface area contributed by atoms with E-state index in [4.69, 9.17) is 0 Å². The molecule has 0 bridgehead atoms. The standard InChI is InChI=1S/C20H23N3O4S3/c24-19-18(20(25)23-9-3-1-2-4-10-23)29-17-8-7-15(12-16(17)22-19)30(26,27)21-13-14-6-5-11-28-14/h5-8,11-12,18,21H,1-4,9-10,13H2,(H,22,24)/t18-/m1/s1. The number of amides is 2. The average Bonchev–Trinajstić information content (AvgIpc) is 3.11. The molecule has 7 nitrogen and oxygen atoms in total. The van der Waals surface area contributed by atoms with Gasteiger partial charge >= 0.3 is 0 Å². The smallest absolute Gasteiger partial charge is 0.247 e. The van der Waals surface area contributed by atoms with Gasteiger partial charge in [0.05, 0.1) is 10.6 Å². The Hall–Kier alpha value is -1.88. The van der Waals surface area contributed by atoms with E-state index in [2.05, 4.69) is 10.0 Å². The number of nitrogens with one attached hydrogen (secondary N) is 2. The van der Waals surface area contributed by atoms with Crippen LogP contribution in [-0.4, -0.2) is 43.5 Å². The molecule has 0 spiro atoms. The van der Waals surface area contributed by atoms with Crippen molar-refractivity contribution in [3.05, 3.63) is 40.6 Å². The summed E-state index contributed by atoms with van der Waals surface area (Å²) < 4.78 is 27.8. The Morgan fingerprint density at radius 2 is 1.93 bits per heavy atom. The van der Waals surface area contributed by atoms with E-state index in [1.807, 2.05) is 17.5 Å². The number of anilines is 1. The van der Waals surface area contributed by atoms with E-state index in [1.54, 1.807) is 11.0 Å². The lowest BCUT2D eigenvalue weighted by Crippen LogP contribution is -2.45. The van der Waals surface area contributed by atoms with Gasteiger partial charge in [0.25, 0.3) is 0 Å². The zero-order valence-electron chi connectivity index (χ0n) is 16.3. The van der Waals surface area contributed by atoms with Gasteiger partial charge in [-0.15, -0.1) is 23.1 Å². The highest BCUT2D eigenvalue weighted by Crippen LogP contribution is 2.38. The highest BCUT2D eigenvalue weighted by molar-refractivity contribution is 8.01. The van der Waals surface area contributed by atoms with Gasteiger partial charge in [-0.1, -0.05) is 18.9 Å². The summed E-state index contributed by atoms with van der Waals surface area (Å²) in [5.74, 6) is -0.567. The van der Waals surface area contributed by atoms with Crippen molar-refractivity contribution < 1.29 is 18.0 Å². The number of benzene rings is 1. The molecular formula is C20H23N3O4S3. The molecule has 1 aromatic heterocycles. The lowest BCUT2D eigenvalue weighted by molar-refractivity contribution is -0.133. The Morgan fingerprint density at radius 3 is 2.63 bits per heavy atom. The molecular weight excluding hydrogens is 442 g/mol. The maximum atomic E-state index is 12.9. The van der Waals surface area contributed by atoms with Crippen LogP contribution in [0.4, 0.5) is 5.69 Å². The van der Waals surface area contributed by atoms with E-state index in [-0.39, 0.29) is 17.3 Å². The molecule has 1 atom stereocenters. The Kier molecular flexibility index (Phi) is 6.47. The van der Waals surface area contributed by atoms with Gasteiger partial charge in [-0.3, -0.25) is 9.59 Å². The topological polar surface area (TPSA) is 95.6 Å². The van der Waals surface area contributed by atoms with E-state index >= 15 is 0 Å². The number of carbonyl (C=O) groups is 2. The van der Waals surface area contributed by atoms with Crippen LogP contribution in [-0.2, 0) is 26.2 Å². The van der Waals surface area contributed by atoms with Crippen LogP contribution in [0.15, 0.2) is 45.5 Å². The van der Waals surface area contributed by atoms with Crippen LogP contribution in [0.2, 0.25) is 0 Å². The molecule has 1 saturated heterocycles. The fourth-order valence-corrected chi connectivity index (χ4v) is 6.36. The van der Waals surface area contributed by atoms with Gasteiger partial charge in [0.15, 0.2) is 5.25 Å². The van der Waals surface area contributed by atoms with E-state index < -0.39 is 21.2 Å². The first-order valence-electron chi connectivity index (χ1n) is 9.86. The van der Waals surface area contributed by atoms with Crippen LogP contribution in [0, 0.1) is 0 Å². The third kappa shape index (κ3) is 4.72. The van der Waals surface area contributed by atoms with E-state index in [0.717, 1.165) is 30.6 Å². The summed E-state index contributed by atoms with van der Waals surface area (Å²) in [6.45, 7) is 1.58. The Bertz CT molecular complexity index is 1030. The summed E-state index contributed by atoms with van der Waals surface area (Å²) in [4.78, 5) is 29.0. The number of hydrogen-bond acceptors (Lipinski definition) is 6. The summed E-state index contributed by atoms with van der Waals surface area (Å²) >= 11 is 2.66. The number of likely N-dealkylation sites (tertiary alicyclic amines) is 1. The van der Waals surface area contributed by atoms with Gasteiger partial charge < -0.3 is 10.2 Å². The van der Waals surface area contributed by atoms with Crippen molar-refractivity contribution in [3.8, 4) is 0 Å². The number of fused-ring (bicyclic) bond motifs is 1. The van der Waals surface area contributed by atoms with Crippen molar-refractivity contribution in [2.75, 3.05) is 18.4 Å². The van der Waals surface area contributed by atoms with Crippen molar-refractivity contribution in [1.29, 1.82) is 0 Å². The van der Waals surface area contributed by atoms with Crippen LogP contribution >= 0.6 is 23.1 Å². The van der Waals surface area contributed by atoms with Gasteiger partial charge in [-0.2, -0.15) is 0 Å². The monoisotopic (exact) mass is 465 g/mol. The van der Waals surface area contributed by atoms with Gasteiger partial charge in [0, 0.05) is 29.4 Å². The van der Waals surface area contributed by atoms with E-state index in [0.29, 0.717) is 23.7 Å². The molecule has 1 aromatic carbocycles. The largest absolute Gasteiger partial charge is 0.341 e. The van der Waals surface area contributed by atoms with Crippen molar-refractivity contribution in [1.82, 2.24) is 9.62 Å². The average molecular weight is 466 g/mol. The van der Waals surface area contributed by atoms with Crippen molar-refractivity contribution in [3.63, 3.8) is 0 Å². The molecule has 2 aliphatic rings. The van der Waals surface area contributed by atoms with Crippen molar-refractivity contribution in [2.45, 2.75) is 47.3 Å². The van der Waals surface area contributed by atoms with Crippen molar-refractivity contribution >= 4 is 50.6 Å². The number of nitrogens with zero attached hydrogens (tertiary/aromatic N) is 1. The number of hydrogen-bond donors (Lipinski definition) is 2. The number of rotatable bonds is 5. The van der Waals surface area contributed by atoms with Crippen LogP contribution in [0.3, 0.4) is 0 Å². The molecule has 2 aromatic rings. The van der Waals surface area contributed by atoms with Crippen molar-refractivity contribution in [2.24, 2.45) is 0 Å². The lowest BCUT2D eigenvalue weighted by atomic mass is 10.2. The quantitative estimate of drug-likeness (QED) is 0.662. The second-order valence-electron chi connectivity index (χ2n) is 7.29. The molecule has 0 saturated carbocycles. The highest BCUT2D eigenvalue weighted by atomic mass is 32.2. The number of thiophene rings is 1. The molecule has 0 aliphatic carbocycles. The normalized spacial score (nSPS) is 19.7. The Labute approximate surface area is 184 Å². The molecule has 1 fully saturated rings.